The van der Waals surface area contributed by atoms with E-state index in [0.717, 1.165) is 6.54 Å². The molecule has 1 atom stereocenters. The van der Waals surface area contributed by atoms with Crippen molar-refractivity contribution < 1.29 is 9.71 Å². The summed E-state index contributed by atoms with van der Waals surface area (Å²) in [6, 6.07) is 13.3. The second-order valence-corrected chi connectivity index (χ2v) is 6.76. The molecule has 2 N–H and O–H groups in total. The minimum absolute atomic E-state index is 0.00441. The Kier molecular flexibility index (Phi) is 4.95. The lowest BCUT2D eigenvalue weighted by Gasteiger charge is -2.18. The maximum absolute atomic E-state index is 13.3. The fraction of sp³-hybridized carbons (Fsp3) is 0.300. The highest BCUT2D eigenvalue weighted by molar-refractivity contribution is 5.77. The van der Waals surface area contributed by atoms with E-state index >= 15 is 0 Å². The zero-order valence-electron chi connectivity index (χ0n) is 14.7. The lowest BCUT2D eigenvalue weighted by molar-refractivity contribution is -0.698. The monoisotopic (exact) mass is 340 g/mol. The van der Waals surface area contributed by atoms with E-state index in [2.05, 4.69) is 19.2 Å². The molecule has 1 heterocycles. The standard InChI is InChI=1S/C20H22FN3O/c1-13(2)12-22-14(3)19-23-18-7-5-4-6-17(18)20(25)24(19)16-10-8-15(21)9-11-16/h4-11,13-14,22H,12H2,1-3H3/p+1/t14-/m0/s1. The summed E-state index contributed by atoms with van der Waals surface area (Å²) in [5, 5.41) is 2.74. The number of rotatable bonds is 5. The first-order valence-corrected chi connectivity index (χ1v) is 8.58. The summed E-state index contributed by atoms with van der Waals surface area (Å²) < 4.78 is 14.9. The van der Waals surface area contributed by atoms with Gasteiger partial charge >= 0.3 is 0 Å². The molecular weight excluding hydrogens is 317 g/mol. The van der Waals surface area contributed by atoms with Gasteiger partial charge in [0.15, 0.2) is 5.82 Å². The van der Waals surface area contributed by atoms with E-state index in [4.69, 9.17) is 4.98 Å². The molecule has 0 amide bonds. The SMILES string of the molecule is CC(C)C[NH2+][C@@H](C)c1nc2ccccc2c(=O)n1-c1ccc(F)cc1. The van der Waals surface area contributed by atoms with Gasteiger partial charge in [0.2, 0.25) is 0 Å². The van der Waals surface area contributed by atoms with E-state index in [0.29, 0.717) is 28.3 Å². The zero-order valence-corrected chi connectivity index (χ0v) is 14.7. The summed E-state index contributed by atoms with van der Waals surface area (Å²) in [5.74, 6) is 0.886. The molecule has 0 aliphatic carbocycles. The van der Waals surface area contributed by atoms with Crippen molar-refractivity contribution in [3.63, 3.8) is 0 Å². The minimum atomic E-state index is -0.327. The summed E-state index contributed by atoms with van der Waals surface area (Å²) in [6.07, 6.45) is 0. The van der Waals surface area contributed by atoms with Crippen LogP contribution in [0.4, 0.5) is 4.39 Å². The molecule has 1 aromatic heterocycles. The Balaban J connectivity index is 2.20. The highest BCUT2D eigenvalue weighted by atomic mass is 19.1. The fourth-order valence-electron chi connectivity index (χ4n) is 2.88. The number of benzene rings is 2. The number of para-hydroxylation sites is 1. The molecule has 5 heteroatoms. The van der Waals surface area contributed by atoms with E-state index < -0.39 is 0 Å². The first-order valence-electron chi connectivity index (χ1n) is 8.58. The van der Waals surface area contributed by atoms with Crippen molar-refractivity contribution in [1.82, 2.24) is 9.55 Å². The van der Waals surface area contributed by atoms with Crippen molar-refractivity contribution in [2.24, 2.45) is 5.92 Å². The molecule has 0 fully saturated rings. The van der Waals surface area contributed by atoms with E-state index in [1.54, 1.807) is 22.8 Å². The van der Waals surface area contributed by atoms with Crippen LogP contribution in [-0.2, 0) is 0 Å². The number of nitrogens with zero attached hydrogens (tertiary/aromatic N) is 2. The number of fused-ring (bicyclic) bond motifs is 1. The Labute approximate surface area is 146 Å². The fourth-order valence-corrected chi connectivity index (χ4v) is 2.88. The molecule has 130 valence electrons. The number of hydrogen-bond acceptors (Lipinski definition) is 2. The highest BCUT2D eigenvalue weighted by Crippen LogP contribution is 2.16. The van der Waals surface area contributed by atoms with Gasteiger partial charge in [0, 0.05) is 5.92 Å². The van der Waals surface area contributed by atoms with Crippen LogP contribution in [0.3, 0.4) is 0 Å². The Bertz CT molecular complexity index is 932. The molecule has 4 nitrogen and oxygen atoms in total. The van der Waals surface area contributed by atoms with Crippen LogP contribution in [0.2, 0.25) is 0 Å². The number of nitrogens with two attached hydrogens (primary N) is 1. The third-order valence-electron chi connectivity index (χ3n) is 4.25. The Morgan fingerprint density at radius 2 is 1.76 bits per heavy atom. The molecule has 0 bridgehead atoms. The van der Waals surface area contributed by atoms with Crippen LogP contribution >= 0.6 is 0 Å². The van der Waals surface area contributed by atoms with Crippen LogP contribution in [0.25, 0.3) is 16.6 Å². The molecule has 0 spiro atoms. The molecule has 0 aliphatic rings. The lowest BCUT2D eigenvalue weighted by atomic mass is 10.1. The largest absolute Gasteiger partial charge is 0.338 e. The Morgan fingerprint density at radius 3 is 2.44 bits per heavy atom. The van der Waals surface area contributed by atoms with E-state index in [1.165, 1.54) is 12.1 Å². The van der Waals surface area contributed by atoms with Gasteiger partial charge in [-0.3, -0.25) is 9.36 Å². The molecule has 0 saturated heterocycles. The van der Waals surface area contributed by atoms with Crippen molar-refractivity contribution in [2.75, 3.05) is 6.54 Å². The zero-order chi connectivity index (χ0) is 18.0. The first-order chi connectivity index (χ1) is 12.0. The predicted octanol–water partition coefficient (Wildman–Crippen LogP) is 2.81. The van der Waals surface area contributed by atoms with Gasteiger partial charge in [0.05, 0.1) is 23.1 Å². The smallest absolute Gasteiger partial charge is 0.266 e. The minimum Gasteiger partial charge on any atom is -0.338 e. The van der Waals surface area contributed by atoms with E-state index in [9.17, 15) is 9.18 Å². The first kappa shape index (κ1) is 17.3. The average Bonchev–Trinajstić information content (AvgIpc) is 2.60. The van der Waals surface area contributed by atoms with Gasteiger partial charge in [-0.05, 0) is 43.3 Å². The highest BCUT2D eigenvalue weighted by Gasteiger charge is 2.20. The maximum Gasteiger partial charge on any atom is 0.266 e. The number of aromatic nitrogens is 2. The van der Waals surface area contributed by atoms with Crippen LogP contribution in [0.5, 0.6) is 0 Å². The Morgan fingerprint density at radius 1 is 1.08 bits per heavy atom. The third kappa shape index (κ3) is 3.61. The Hall–Kier alpha value is -2.53. The van der Waals surface area contributed by atoms with Crippen molar-refractivity contribution in [1.29, 1.82) is 0 Å². The quantitative estimate of drug-likeness (QED) is 0.776. The molecule has 0 radical (unpaired) electrons. The second kappa shape index (κ2) is 7.15. The van der Waals surface area contributed by atoms with E-state index in [1.807, 2.05) is 25.1 Å². The van der Waals surface area contributed by atoms with Crippen LogP contribution in [0.15, 0.2) is 53.3 Å². The van der Waals surface area contributed by atoms with Gasteiger partial charge in [0.25, 0.3) is 5.56 Å². The predicted molar refractivity (Wildman–Crippen MR) is 97.3 cm³/mol. The van der Waals surface area contributed by atoms with Gasteiger partial charge in [-0.2, -0.15) is 0 Å². The van der Waals surface area contributed by atoms with Crippen molar-refractivity contribution in [2.45, 2.75) is 26.8 Å². The average molecular weight is 340 g/mol. The summed E-state index contributed by atoms with van der Waals surface area (Å²) in [7, 11) is 0. The normalized spacial score (nSPS) is 12.7. The van der Waals surface area contributed by atoms with Gasteiger partial charge < -0.3 is 5.32 Å². The molecule has 2 aromatic carbocycles. The van der Waals surface area contributed by atoms with Gasteiger partial charge in [-0.25, -0.2) is 9.37 Å². The maximum atomic E-state index is 13.3. The summed E-state index contributed by atoms with van der Waals surface area (Å²) >= 11 is 0. The summed E-state index contributed by atoms with van der Waals surface area (Å²) in [6.45, 7) is 7.29. The van der Waals surface area contributed by atoms with Gasteiger partial charge in [-0.1, -0.05) is 26.0 Å². The number of quaternary nitrogens is 1. The molecule has 25 heavy (non-hydrogen) atoms. The number of hydrogen-bond donors (Lipinski definition) is 1. The lowest BCUT2D eigenvalue weighted by Crippen LogP contribution is -2.86. The van der Waals surface area contributed by atoms with Crippen molar-refractivity contribution >= 4 is 10.9 Å². The van der Waals surface area contributed by atoms with Crippen LogP contribution in [-0.4, -0.2) is 16.1 Å². The molecule has 3 rings (SSSR count). The van der Waals surface area contributed by atoms with Gasteiger partial charge in [-0.15, -0.1) is 0 Å². The van der Waals surface area contributed by atoms with Crippen molar-refractivity contribution in [3.05, 3.63) is 70.5 Å². The topological polar surface area (TPSA) is 51.5 Å². The number of halogens is 1. The molecule has 0 saturated carbocycles. The van der Waals surface area contributed by atoms with E-state index in [-0.39, 0.29) is 17.4 Å². The molecule has 0 unspecified atom stereocenters. The third-order valence-corrected chi connectivity index (χ3v) is 4.25. The second-order valence-electron chi connectivity index (χ2n) is 6.76. The van der Waals surface area contributed by atoms with Crippen LogP contribution < -0.4 is 10.9 Å². The molecular formula is C20H23FN3O+. The van der Waals surface area contributed by atoms with Crippen molar-refractivity contribution in [3.8, 4) is 5.69 Å². The summed E-state index contributed by atoms with van der Waals surface area (Å²) in [5.41, 5.74) is 1.19. The van der Waals surface area contributed by atoms with Gasteiger partial charge in [0.1, 0.15) is 11.9 Å². The van der Waals surface area contributed by atoms with Crippen LogP contribution in [0.1, 0.15) is 32.6 Å². The van der Waals surface area contributed by atoms with Crippen LogP contribution in [0, 0.1) is 11.7 Å². The molecule has 0 aliphatic heterocycles. The molecule has 3 aromatic rings. The summed E-state index contributed by atoms with van der Waals surface area (Å²) in [4.78, 5) is 17.8.